The lowest BCUT2D eigenvalue weighted by Gasteiger charge is -2.11. The molecule has 0 unspecified atom stereocenters. The third-order valence-corrected chi connectivity index (χ3v) is 2.91. The Labute approximate surface area is 89.5 Å². The van der Waals surface area contributed by atoms with Gasteiger partial charge in [0.25, 0.3) is 0 Å². The zero-order valence-corrected chi connectivity index (χ0v) is 9.02. The molecule has 1 nitrogen and oxygen atoms in total. The summed E-state index contributed by atoms with van der Waals surface area (Å²) in [6.07, 6.45) is 2.27. The van der Waals surface area contributed by atoms with Gasteiger partial charge in [-0.2, -0.15) is 0 Å². The first-order chi connectivity index (χ1) is 6.16. The van der Waals surface area contributed by atoms with Gasteiger partial charge < -0.3 is 0 Å². The molecule has 1 aromatic carbocycles. The first-order valence-corrected chi connectivity index (χ1v) is 5.03. The van der Waals surface area contributed by atoms with E-state index in [4.69, 9.17) is 11.6 Å². The van der Waals surface area contributed by atoms with E-state index in [0.717, 1.165) is 11.1 Å². The fourth-order valence-corrected chi connectivity index (χ4v) is 1.92. The summed E-state index contributed by atoms with van der Waals surface area (Å²) in [6.45, 7) is 0. The molecule has 2 rings (SSSR count). The average Bonchev–Trinajstić information content (AvgIpc) is 2.08. The topological polar surface area (TPSA) is 17.1 Å². The molecule has 0 atom stereocenters. The van der Waals surface area contributed by atoms with Crippen LogP contribution in [-0.4, -0.2) is 5.78 Å². The number of hydrogen-bond acceptors (Lipinski definition) is 1. The zero-order valence-electron chi connectivity index (χ0n) is 6.68. The molecule has 0 heterocycles. The lowest BCUT2D eigenvalue weighted by atomic mass is 9.97. The first-order valence-electron chi connectivity index (χ1n) is 3.85. The monoisotopic (exact) mass is 256 g/mol. The van der Waals surface area contributed by atoms with Crippen LogP contribution in [0.4, 0.5) is 0 Å². The number of carbonyl (C=O) groups is 1. The second-order valence-electron chi connectivity index (χ2n) is 2.94. The van der Waals surface area contributed by atoms with E-state index in [1.54, 1.807) is 0 Å². The molecular formula is C10H6BrClO. The Morgan fingerprint density at radius 1 is 1.38 bits per heavy atom. The lowest BCUT2D eigenvalue weighted by Crippen LogP contribution is -2.08. The normalized spacial score (nSPS) is 15.2. The highest BCUT2D eigenvalue weighted by Crippen LogP contribution is 2.26. The van der Waals surface area contributed by atoms with Gasteiger partial charge in [0.15, 0.2) is 5.78 Å². The van der Waals surface area contributed by atoms with Gasteiger partial charge in [-0.3, -0.25) is 4.79 Å². The van der Waals surface area contributed by atoms with Crippen LogP contribution in [-0.2, 0) is 11.2 Å². The van der Waals surface area contributed by atoms with E-state index in [2.05, 4.69) is 15.9 Å². The van der Waals surface area contributed by atoms with Crippen LogP contribution in [0.3, 0.4) is 0 Å². The van der Waals surface area contributed by atoms with Gasteiger partial charge in [-0.15, -0.1) is 0 Å². The molecule has 0 bridgehead atoms. The molecule has 0 aromatic heterocycles. The van der Waals surface area contributed by atoms with Crippen LogP contribution in [0, 0.1) is 0 Å². The number of halogens is 2. The Balaban J connectivity index is 2.56. The summed E-state index contributed by atoms with van der Waals surface area (Å²) in [5.74, 6) is 0.106. The molecule has 3 heteroatoms. The van der Waals surface area contributed by atoms with Crippen molar-refractivity contribution in [2.75, 3.05) is 0 Å². The number of benzene rings is 1. The van der Waals surface area contributed by atoms with E-state index >= 15 is 0 Å². The fraction of sp³-hybridized carbons (Fsp3) is 0.100. The van der Waals surface area contributed by atoms with Crippen LogP contribution in [0.2, 0.25) is 5.02 Å². The predicted octanol–water partition coefficient (Wildman–Crippen LogP) is 3.20. The van der Waals surface area contributed by atoms with Crippen molar-refractivity contribution in [3.05, 3.63) is 38.8 Å². The van der Waals surface area contributed by atoms with E-state index < -0.39 is 0 Å². The second-order valence-corrected chi connectivity index (χ2v) is 4.23. The minimum Gasteiger partial charge on any atom is -0.293 e. The molecule has 1 aliphatic rings. The lowest BCUT2D eigenvalue weighted by molar-refractivity contribution is -0.114. The smallest absolute Gasteiger partial charge is 0.174 e. The summed E-state index contributed by atoms with van der Waals surface area (Å²) in [5.41, 5.74) is 2.07. The summed E-state index contributed by atoms with van der Waals surface area (Å²) in [5, 5.41) is 0.679. The maximum Gasteiger partial charge on any atom is 0.174 e. The molecular weight excluding hydrogens is 251 g/mol. The quantitative estimate of drug-likeness (QED) is 0.697. The van der Waals surface area contributed by atoms with Crippen LogP contribution in [0.25, 0.3) is 6.08 Å². The molecule has 0 N–H and O–H groups in total. The standard InChI is InChI=1S/C10H6BrClO/c11-9-4-6-1-2-8(12)3-7(6)5-10(9)13/h1-4H,5H2. The Kier molecular flexibility index (Phi) is 2.26. The van der Waals surface area contributed by atoms with Gasteiger partial charge in [-0.05, 0) is 45.3 Å². The Morgan fingerprint density at radius 2 is 2.15 bits per heavy atom. The summed E-state index contributed by atoms with van der Waals surface area (Å²) in [7, 11) is 0. The van der Waals surface area contributed by atoms with Crippen molar-refractivity contribution in [2.24, 2.45) is 0 Å². The molecule has 1 aliphatic carbocycles. The molecule has 0 amide bonds. The minimum atomic E-state index is 0.106. The Bertz CT molecular complexity index is 409. The van der Waals surface area contributed by atoms with Gasteiger partial charge in [-0.1, -0.05) is 17.7 Å². The van der Waals surface area contributed by atoms with Gasteiger partial charge in [-0.25, -0.2) is 0 Å². The highest BCUT2D eigenvalue weighted by atomic mass is 79.9. The number of fused-ring (bicyclic) bond motifs is 1. The van der Waals surface area contributed by atoms with Crippen LogP contribution in [0.5, 0.6) is 0 Å². The SMILES string of the molecule is O=C1Cc2cc(Cl)ccc2C=C1Br. The van der Waals surface area contributed by atoms with Crippen molar-refractivity contribution in [1.82, 2.24) is 0 Å². The molecule has 66 valence electrons. The fourth-order valence-electron chi connectivity index (χ4n) is 1.34. The van der Waals surface area contributed by atoms with E-state index in [9.17, 15) is 4.79 Å². The van der Waals surface area contributed by atoms with Crippen LogP contribution < -0.4 is 0 Å². The van der Waals surface area contributed by atoms with Crippen LogP contribution in [0.15, 0.2) is 22.7 Å². The molecule has 0 aliphatic heterocycles. The van der Waals surface area contributed by atoms with Crippen molar-refractivity contribution in [3.8, 4) is 0 Å². The summed E-state index contributed by atoms with van der Waals surface area (Å²) >= 11 is 9.04. The van der Waals surface area contributed by atoms with Gasteiger partial charge in [0.05, 0.1) is 4.48 Å². The molecule has 1 aromatic rings. The minimum absolute atomic E-state index is 0.106. The maximum absolute atomic E-state index is 11.3. The van der Waals surface area contributed by atoms with Gasteiger partial charge >= 0.3 is 0 Å². The highest BCUT2D eigenvalue weighted by Gasteiger charge is 2.16. The summed E-state index contributed by atoms with van der Waals surface area (Å²) in [6, 6.07) is 5.59. The van der Waals surface area contributed by atoms with E-state index in [1.807, 2.05) is 24.3 Å². The molecule has 0 saturated heterocycles. The van der Waals surface area contributed by atoms with Crippen molar-refractivity contribution >= 4 is 39.4 Å². The summed E-state index contributed by atoms with van der Waals surface area (Å²) in [4.78, 5) is 11.3. The molecule has 0 spiro atoms. The molecule has 0 saturated carbocycles. The van der Waals surface area contributed by atoms with E-state index in [-0.39, 0.29) is 5.78 Å². The number of ketones is 1. The van der Waals surface area contributed by atoms with Gasteiger partial charge in [0, 0.05) is 11.4 Å². The van der Waals surface area contributed by atoms with Gasteiger partial charge in [0.2, 0.25) is 0 Å². The number of rotatable bonds is 0. The number of hydrogen-bond donors (Lipinski definition) is 0. The highest BCUT2D eigenvalue weighted by molar-refractivity contribution is 9.12. The molecule has 0 fully saturated rings. The Morgan fingerprint density at radius 3 is 2.92 bits per heavy atom. The summed E-state index contributed by atoms with van der Waals surface area (Å²) < 4.78 is 0.641. The number of Topliss-reactive ketones (excluding diaryl/α,β-unsaturated/α-hetero) is 1. The second kappa shape index (κ2) is 3.28. The first kappa shape index (κ1) is 8.97. The van der Waals surface area contributed by atoms with Gasteiger partial charge in [0.1, 0.15) is 0 Å². The Hall–Kier alpha value is -0.600. The maximum atomic E-state index is 11.3. The number of carbonyl (C=O) groups excluding carboxylic acids is 1. The number of allylic oxidation sites excluding steroid dienone is 1. The van der Waals surface area contributed by atoms with Crippen LogP contribution in [0.1, 0.15) is 11.1 Å². The molecule has 13 heavy (non-hydrogen) atoms. The van der Waals surface area contributed by atoms with Crippen molar-refractivity contribution < 1.29 is 4.79 Å². The van der Waals surface area contributed by atoms with Crippen LogP contribution >= 0.6 is 27.5 Å². The third-order valence-electron chi connectivity index (χ3n) is 2.00. The van der Waals surface area contributed by atoms with Crippen molar-refractivity contribution in [3.63, 3.8) is 0 Å². The van der Waals surface area contributed by atoms with E-state index in [1.165, 1.54) is 0 Å². The van der Waals surface area contributed by atoms with Crippen molar-refractivity contribution in [1.29, 1.82) is 0 Å². The average molecular weight is 258 g/mol. The molecule has 0 radical (unpaired) electrons. The predicted molar refractivity (Wildman–Crippen MR) is 57.1 cm³/mol. The third kappa shape index (κ3) is 1.69. The van der Waals surface area contributed by atoms with Crippen molar-refractivity contribution in [2.45, 2.75) is 6.42 Å². The zero-order chi connectivity index (χ0) is 9.42. The van der Waals surface area contributed by atoms with E-state index in [0.29, 0.717) is 15.9 Å². The largest absolute Gasteiger partial charge is 0.293 e.